The summed E-state index contributed by atoms with van der Waals surface area (Å²) < 4.78 is 39.2. The van der Waals surface area contributed by atoms with Crippen molar-refractivity contribution in [1.29, 1.82) is 0 Å². The topological polar surface area (TPSA) is 101 Å². The number of amides is 2. The predicted molar refractivity (Wildman–Crippen MR) is 134 cm³/mol. The third-order valence-corrected chi connectivity index (χ3v) is 6.53. The largest absolute Gasteiger partial charge is 0.417 e. The summed E-state index contributed by atoms with van der Waals surface area (Å²) in [5.74, 6) is -0.756. The number of pyridine rings is 1. The summed E-state index contributed by atoms with van der Waals surface area (Å²) in [6, 6.07) is 0.858. The molecule has 0 aliphatic carbocycles. The molecule has 3 rings (SSSR count). The second-order valence-electron chi connectivity index (χ2n) is 8.33. The second-order valence-corrected chi connectivity index (χ2v) is 9.22. The lowest BCUT2D eigenvalue weighted by Crippen LogP contribution is -2.38. The molecule has 0 fully saturated rings. The molecule has 11 heteroatoms. The van der Waals surface area contributed by atoms with Crippen LogP contribution < -0.4 is 11.1 Å². The van der Waals surface area contributed by atoms with Crippen LogP contribution in [0.5, 0.6) is 0 Å². The fourth-order valence-corrected chi connectivity index (χ4v) is 4.54. The number of alkyl halides is 3. The van der Waals surface area contributed by atoms with Crippen LogP contribution in [-0.4, -0.2) is 39.8 Å². The number of unbranched alkanes of at least 4 members (excludes halogenated alkanes) is 2. The molecule has 2 amide bonds. The molecule has 0 atom stereocenters. The van der Waals surface area contributed by atoms with Gasteiger partial charge in [-0.3, -0.25) is 14.6 Å². The average Bonchev–Trinajstić information content (AvgIpc) is 3.37. The Morgan fingerprint density at radius 1 is 1.28 bits per heavy atom. The highest BCUT2D eigenvalue weighted by molar-refractivity contribution is 7.11. The van der Waals surface area contributed by atoms with Crippen molar-refractivity contribution in [3.63, 3.8) is 0 Å². The van der Waals surface area contributed by atoms with Gasteiger partial charge < -0.3 is 16.0 Å². The van der Waals surface area contributed by atoms with Gasteiger partial charge in [-0.15, -0.1) is 11.3 Å². The maximum atomic E-state index is 13.2. The molecule has 0 spiro atoms. The number of nitrogens with one attached hydrogen (secondary N) is 1. The fraction of sp³-hybridized carbons (Fsp3) is 0.360. The van der Waals surface area contributed by atoms with E-state index < -0.39 is 17.6 Å². The molecule has 0 saturated heterocycles. The molecule has 192 valence electrons. The van der Waals surface area contributed by atoms with Crippen LogP contribution >= 0.6 is 11.3 Å². The monoisotopic (exact) mass is 519 g/mol. The van der Waals surface area contributed by atoms with E-state index in [1.165, 1.54) is 23.7 Å². The third kappa shape index (κ3) is 6.60. The van der Waals surface area contributed by atoms with Gasteiger partial charge in [0.2, 0.25) is 0 Å². The van der Waals surface area contributed by atoms with Crippen LogP contribution in [0.1, 0.15) is 50.1 Å². The van der Waals surface area contributed by atoms with Crippen molar-refractivity contribution in [1.82, 2.24) is 14.9 Å². The lowest BCUT2D eigenvalue weighted by atomic mass is 9.92. The molecule has 0 bridgehead atoms. The number of hydrogen-bond donors (Lipinski definition) is 2. The molecule has 0 unspecified atom stereocenters. The number of halogens is 3. The third-order valence-electron chi connectivity index (χ3n) is 5.72. The van der Waals surface area contributed by atoms with Gasteiger partial charge in [0.25, 0.3) is 11.8 Å². The SMILES string of the molecule is CCCC/C=C(/C(=O)Nc1cncc(C(F)(F)F)c1)C1=C(C)CN(C(=O)/C(=C/N)c2nccs2)CC1. The summed E-state index contributed by atoms with van der Waals surface area (Å²) in [6.07, 6.45) is 4.83. The van der Waals surface area contributed by atoms with Gasteiger partial charge in [0.15, 0.2) is 0 Å². The molecular formula is C25H28F3N5O2S. The van der Waals surface area contributed by atoms with E-state index >= 15 is 0 Å². The zero-order valence-corrected chi connectivity index (χ0v) is 20.9. The zero-order chi connectivity index (χ0) is 26.3. The fourth-order valence-electron chi connectivity index (χ4n) is 3.88. The molecular weight excluding hydrogens is 491 g/mol. The molecule has 7 nitrogen and oxygen atoms in total. The smallest absolute Gasteiger partial charge is 0.404 e. The minimum Gasteiger partial charge on any atom is -0.404 e. The van der Waals surface area contributed by atoms with Crippen molar-refractivity contribution < 1.29 is 22.8 Å². The van der Waals surface area contributed by atoms with Crippen LogP contribution in [-0.2, 0) is 15.8 Å². The first-order valence-electron chi connectivity index (χ1n) is 11.5. The second kappa shape index (κ2) is 12.0. The summed E-state index contributed by atoms with van der Waals surface area (Å²) in [5, 5.41) is 4.86. The van der Waals surface area contributed by atoms with Crippen molar-refractivity contribution in [3.05, 3.63) is 69.6 Å². The summed E-state index contributed by atoms with van der Waals surface area (Å²) in [7, 11) is 0. The number of nitrogens with zero attached hydrogens (tertiary/aromatic N) is 3. The number of carbonyl (C=O) groups excluding carboxylic acids is 2. The van der Waals surface area contributed by atoms with Gasteiger partial charge in [-0.05, 0) is 37.0 Å². The lowest BCUT2D eigenvalue weighted by molar-refractivity contribution is -0.137. The van der Waals surface area contributed by atoms with E-state index in [1.807, 2.05) is 19.9 Å². The highest BCUT2D eigenvalue weighted by Crippen LogP contribution is 2.31. The van der Waals surface area contributed by atoms with Crippen molar-refractivity contribution >= 4 is 34.4 Å². The Labute approximate surface area is 211 Å². The minimum absolute atomic E-state index is 0.0387. The van der Waals surface area contributed by atoms with Crippen LogP contribution in [0.2, 0.25) is 0 Å². The first kappa shape index (κ1) is 27.1. The van der Waals surface area contributed by atoms with Gasteiger partial charge in [0.05, 0.1) is 23.0 Å². The molecule has 0 radical (unpaired) electrons. The Morgan fingerprint density at radius 3 is 2.67 bits per heavy atom. The Bertz CT molecular complexity index is 1190. The zero-order valence-electron chi connectivity index (χ0n) is 20.1. The van der Waals surface area contributed by atoms with Crippen LogP contribution in [0.4, 0.5) is 18.9 Å². The number of anilines is 1. The maximum Gasteiger partial charge on any atom is 0.417 e. The predicted octanol–water partition coefficient (Wildman–Crippen LogP) is 5.16. The van der Waals surface area contributed by atoms with Crippen molar-refractivity contribution in [2.24, 2.45) is 5.73 Å². The Kier molecular flexibility index (Phi) is 9.03. The van der Waals surface area contributed by atoms with Gasteiger partial charge in [-0.2, -0.15) is 13.2 Å². The normalized spacial score (nSPS) is 15.3. The van der Waals surface area contributed by atoms with E-state index in [2.05, 4.69) is 15.3 Å². The van der Waals surface area contributed by atoms with E-state index in [9.17, 15) is 22.8 Å². The van der Waals surface area contributed by atoms with Crippen molar-refractivity contribution in [2.45, 2.75) is 45.7 Å². The lowest BCUT2D eigenvalue weighted by Gasteiger charge is -2.31. The summed E-state index contributed by atoms with van der Waals surface area (Å²) in [5.41, 5.74) is 7.05. The van der Waals surface area contributed by atoms with Crippen LogP contribution in [0.25, 0.3) is 5.57 Å². The molecule has 0 saturated carbocycles. The van der Waals surface area contributed by atoms with Gasteiger partial charge >= 0.3 is 6.18 Å². The molecule has 36 heavy (non-hydrogen) atoms. The Hall–Kier alpha value is -3.47. The summed E-state index contributed by atoms with van der Waals surface area (Å²) in [4.78, 5) is 35.7. The Morgan fingerprint density at radius 2 is 2.06 bits per heavy atom. The van der Waals surface area contributed by atoms with Crippen LogP contribution in [0.15, 0.2) is 59.0 Å². The molecule has 1 aliphatic rings. The molecule has 2 aromatic heterocycles. The van der Waals surface area contributed by atoms with Crippen molar-refractivity contribution in [2.75, 3.05) is 18.4 Å². The number of aromatic nitrogens is 2. The number of carbonyl (C=O) groups is 2. The van der Waals surface area contributed by atoms with E-state index in [4.69, 9.17) is 5.73 Å². The highest BCUT2D eigenvalue weighted by atomic mass is 32.1. The molecule has 1 aliphatic heterocycles. The first-order valence-corrected chi connectivity index (χ1v) is 12.4. The number of thiazole rings is 1. The van der Waals surface area contributed by atoms with E-state index in [0.717, 1.165) is 30.1 Å². The van der Waals surface area contributed by atoms with Crippen LogP contribution in [0.3, 0.4) is 0 Å². The van der Waals surface area contributed by atoms with Gasteiger partial charge in [-0.1, -0.05) is 25.8 Å². The number of nitrogens with two attached hydrogens (primary N) is 1. The quantitative estimate of drug-likeness (QED) is 0.371. The van der Waals surface area contributed by atoms with Gasteiger partial charge in [0.1, 0.15) is 5.01 Å². The number of rotatable bonds is 8. The summed E-state index contributed by atoms with van der Waals surface area (Å²) >= 11 is 1.32. The maximum absolute atomic E-state index is 13.2. The molecule has 0 aromatic carbocycles. The molecule has 3 heterocycles. The number of allylic oxidation sites excluding steroid dienone is 1. The first-order chi connectivity index (χ1) is 17.2. The average molecular weight is 520 g/mol. The minimum atomic E-state index is -4.57. The van der Waals surface area contributed by atoms with Gasteiger partial charge in [-0.25, -0.2) is 4.98 Å². The van der Waals surface area contributed by atoms with Crippen LogP contribution in [0, 0.1) is 0 Å². The van der Waals surface area contributed by atoms with E-state index in [1.54, 1.807) is 16.5 Å². The van der Waals surface area contributed by atoms with E-state index in [-0.39, 0.29) is 11.6 Å². The van der Waals surface area contributed by atoms with E-state index in [0.29, 0.717) is 48.3 Å². The van der Waals surface area contributed by atoms with Crippen molar-refractivity contribution in [3.8, 4) is 0 Å². The Balaban J connectivity index is 1.83. The highest BCUT2D eigenvalue weighted by Gasteiger charge is 2.32. The molecule has 2 aromatic rings. The molecule has 3 N–H and O–H groups in total. The van der Waals surface area contributed by atoms with Gasteiger partial charge in [0, 0.05) is 42.6 Å². The number of hydrogen-bond acceptors (Lipinski definition) is 6. The summed E-state index contributed by atoms with van der Waals surface area (Å²) in [6.45, 7) is 4.52. The standard InChI is InChI=1S/C25H28F3N5O2S/c1-3-4-5-6-20(22(34)32-18-11-17(13-30-14-18)25(26,27)28)19-7-9-33(15-16(19)2)24(35)21(12-29)23-31-8-10-36-23/h6,8,10-14H,3-5,7,9,15,29H2,1-2H3,(H,32,34)/b20-6+,21-12+.